The fourth-order valence-corrected chi connectivity index (χ4v) is 1.11. The Labute approximate surface area is 85.2 Å². The van der Waals surface area contributed by atoms with E-state index in [1.807, 2.05) is 13.8 Å². The van der Waals surface area contributed by atoms with Crippen LogP contribution in [-0.4, -0.2) is 36.5 Å². The first-order valence-corrected chi connectivity index (χ1v) is 5.01. The van der Waals surface area contributed by atoms with Gasteiger partial charge in [0, 0.05) is 13.2 Å². The third-order valence-corrected chi connectivity index (χ3v) is 1.84. The van der Waals surface area contributed by atoms with Crippen LogP contribution in [0.4, 0.5) is 0 Å². The van der Waals surface area contributed by atoms with Crippen LogP contribution in [0.3, 0.4) is 0 Å². The van der Waals surface area contributed by atoms with Crippen molar-refractivity contribution in [1.29, 1.82) is 0 Å². The molecular weight excluding hydrogens is 184 g/mol. The van der Waals surface area contributed by atoms with Crippen molar-refractivity contribution < 1.29 is 19.4 Å². The van der Waals surface area contributed by atoms with Crippen LogP contribution in [0, 0.1) is 0 Å². The van der Waals surface area contributed by atoms with E-state index in [1.54, 1.807) is 6.92 Å². The standard InChI is InChI=1S/C10H20O4/c1-4-13-8(2)5-6-14-9(3)7-10(11)12/h8-9H,4-7H2,1-3H3,(H,11,12). The molecule has 2 atom stereocenters. The molecule has 0 saturated carbocycles. The van der Waals surface area contributed by atoms with E-state index in [0.29, 0.717) is 13.2 Å². The van der Waals surface area contributed by atoms with Crippen LogP contribution < -0.4 is 0 Å². The number of carboxylic acids is 1. The molecule has 0 aromatic carbocycles. The van der Waals surface area contributed by atoms with Crippen LogP contribution in [0.5, 0.6) is 0 Å². The molecule has 0 aliphatic rings. The first-order valence-electron chi connectivity index (χ1n) is 5.01. The van der Waals surface area contributed by atoms with E-state index >= 15 is 0 Å². The van der Waals surface area contributed by atoms with Gasteiger partial charge < -0.3 is 14.6 Å². The Morgan fingerprint density at radius 1 is 1.29 bits per heavy atom. The molecule has 0 rings (SSSR count). The van der Waals surface area contributed by atoms with Crippen molar-refractivity contribution >= 4 is 5.97 Å². The van der Waals surface area contributed by atoms with Gasteiger partial charge in [0.25, 0.3) is 0 Å². The Morgan fingerprint density at radius 3 is 2.43 bits per heavy atom. The monoisotopic (exact) mass is 204 g/mol. The summed E-state index contributed by atoms with van der Waals surface area (Å²) in [5, 5.41) is 8.47. The summed E-state index contributed by atoms with van der Waals surface area (Å²) in [6, 6.07) is 0. The predicted octanol–water partition coefficient (Wildman–Crippen LogP) is 1.68. The topological polar surface area (TPSA) is 55.8 Å². The molecule has 0 aromatic heterocycles. The molecule has 4 heteroatoms. The van der Waals surface area contributed by atoms with Crippen molar-refractivity contribution in [1.82, 2.24) is 0 Å². The fraction of sp³-hybridized carbons (Fsp3) is 0.900. The van der Waals surface area contributed by atoms with E-state index in [2.05, 4.69) is 0 Å². The van der Waals surface area contributed by atoms with E-state index in [-0.39, 0.29) is 18.6 Å². The minimum absolute atomic E-state index is 0.0585. The zero-order valence-corrected chi connectivity index (χ0v) is 9.16. The molecule has 0 bridgehead atoms. The SMILES string of the molecule is CCOC(C)CCOC(C)CC(=O)O. The molecule has 0 aliphatic heterocycles. The summed E-state index contributed by atoms with van der Waals surface area (Å²) >= 11 is 0. The summed E-state index contributed by atoms with van der Waals surface area (Å²) in [6.07, 6.45) is 0.819. The van der Waals surface area contributed by atoms with E-state index < -0.39 is 5.97 Å². The molecule has 14 heavy (non-hydrogen) atoms. The molecule has 0 heterocycles. The molecular formula is C10H20O4. The summed E-state index contributed by atoms with van der Waals surface area (Å²) in [4.78, 5) is 10.3. The fourth-order valence-electron chi connectivity index (χ4n) is 1.11. The summed E-state index contributed by atoms with van der Waals surface area (Å²) < 4.78 is 10.6. The molecule has 0 radical (unpaired) electrons. The summed E-state index contributed by atoms with van der Waals surface area (Å²) in [6.45, 7) is 6.94. The molecule has 0 aliphatic carbocycles. The minimum atomic E-state index is -0.824. The van der Waals surface area contributed by atoms with Gasteiger partial charge in [0.05, 0.1) is 18.6 Å². The zero-order chi connectivity index (χ0) is 11.0. The van der Waals surface area contributed by atoms with Crippen molar-refractivity contribution in [3.63, 3.8) is 0 Å². The lowest BCUT2D eigenvalue weighted by atomic mass is 10.2. The highest BCUT2D eigenvalue weighted by atomic mass is 16.5. The maximum Gasteiger partial charge on any atom is 0.305 e. The van der Waals surface area contributed by atoms with Gasteiger partial charge in [-0.05, 0) is 27.2 Å². The van der Waals surface area contributed by atoms with Crippen LogP contribution in [0.25, 0.3) is 0 Å². The van der Waals surface area contributed by atoms with Gasteiger partial charge in [-0.1, -0.05) is 0 Å². The second-order valence-electron chi connectivity index (χ2n) is 3.33. The molecule has 1 N–H and O–H groups in total. The van der Waals surface area contributed by atoms with Crippen LogP contribution in [0.15, 0.2) is 0 Å². The van der Waals surface area contributed by atoms with Crippen molar-refractivity contribution in [3.05, 3.63) is 0 Å². The van der Waals surface area contributed by atoms with Gasteiger partial charge in [0.2, 0.25) is 0 Å². The first kappa shape index (κ1) is 13.4. The van der Waals surface area contributed by atoms with E-state index in [9.17, 15) is 4.79 Å². The van der Waals surface area contributed by atoms with Gasteiger partial charge in [0.1, 0.15) is 0 Å². The molecule has 4 nitrogen and oxygen atoms in total. The average molecular weight is 204 g/mol. The predicted molar refractivity (Wildman–Crippen MR) is 53.4 cm³/mol. The highest BCUT2D eigenvalue weighted by molar-refractivity contribution is 5.67. The summed E-state index contributed by atoms with van der Waals surface area (Å²) in [5.74, 6) is -0.824. The van der Waals surface area contributed by atoms with Gasteiger partial charge in [-0.3, -0.25) is 4.79 Å². The van der Waals surface area contributed by atoms with Gasteiger partial charge in [-0.15, -0.1) is 0 Å². The normalized spacial score (nSPS) is 15.1. The lowest BCUT2D eigenvalue weighted by Gasteiger charge is -2.14. The van der Waals surface area contributed by atoms with Crippen molar-refractivity contribution in [2.24, 2.45) is 0 Å². The van der Waals surface area contributed by atoms with Crippen molar-refractivity contribution in [3.8, 4) is 0 Å². The highest BCUT2D eigenvalue weighted by Gasteiger charge is 2.08. The maximum atomic E-state index is 10.3. The van der Waals surface area contributed by atoms with Crippen molar-refractivity contribution in [2.75, 3.05) is 13.2 Å². The molecule has 0 amide bonds. The van der Waals surface area contributed by atoms with Gasteiger partial charge in [-0.2, -0.15) is 0 Å². The second-order valence-corrected chi connectivity index (χ2v) is 3.33. The average Bonchev–Trinajstić information content (AvgIpc) is 2.02. The Kier molecular flexibility index (Phi) is 7.42. The van der Waals surface area contributed by atoms with E-state index in [1.165, 1.54) is 0 Å². The molecule has 0 fully saturated rings. The van der Waals surface area contributed by atoms with Gasteiger partial charge >= 0.3 is 5.97 Å². The minimum Gasteiger partial charge on any atom is -0.481 e. The quantitative estimate of drug-likeness (QED) is 0.653. The Morgan fingerprint density at radius 2 is 1.93 bits per heavy atom. The number of ether oxygens (including phenoxy) is 2. The third-order valence-electron chi connectivity index (χ3n) is 1.84. The first-order chi connectivity index (χ1) is 6.56. The lowest BCUT2D eigenvalue weighted by molar-refractivity contribution is -0.140. The summed E-state index contributed by atoms with van der Waals surface area (Å²) in [7, 11) is 0. The number of aliphatic carboxylic acids is 1. The Bertz CT molecular complexity index is 158. The smallest absolute Gasteiger partial charge is 0.305 e. The van der Waals surface area contributed by atoms with Crippen LogP contribution in [-0.2, 0) is 14.3 Å². The summed E-state index contributed by atoms with van der Waals surface area (Å²) in [5.41, 5.74) is 0. The lowest BCUT2D eigenvalue weighted by Crippen LogP contribution is -2.17. The number of rotatable bonds is 8. The van der Waals surface area contributed by atoms with Gasteiger partial charge in [-0.25, -0.2) is 0 Å². The number of carbonyl (C=O) groups is 1. The van der Waals surface area contributed by atoms with Gasteiger partial charge in [0.15, 0.2) is 0 Å². The van der Waals surface area contributed by atoms with Crippen LogP contribution in [0.1, 0.15) is 33.6 Å². The third kappa shape index (κ3) is 8.01. The second kappa shape index (κ2) is 7.76. The number of hydrogen-bond donors (Lipinski definition) is 1. The molecule has 2 unspecified atom stereocenters. The Balaban J connectivity index is 3.38. The molecule has 0 saturated heterocycles. The highest BCUT2D eigenvalue weighted by Crippen LogP contribution is 2.02. The maximum absolute atomic E-state index is 10.3. The van der Waals surface area contributed by atoms with Crippen LogP contribution in [0.2, 0.25) is 0 Å². The number of hydrogen-bond acceptors (Lipinski definition) is 3. The largest absolute Gasteiger partial charge is 0.481 e. The van der Waals surface area contributed by atoms with E-state index in [4.69, 9.17) is 14.6 Å². The Hall–Kier alpha value is -0.610. The molecule has 84 valence electrons. The van der Waals surface area contributed by atoms with Crippen molar-refractivity contribution in [2.45, 2.75) is 45.8 Å². The molecule has 0 spiro atoms. The van der Waals surface area contributed by atoms with E-state index in [0.717, 1.165) is 6.42 Å². The number of carboxylic acid groups (broad SMARTS) is 1. The molecule has 0 aromatic rings. The van der Waals surface area contributed by atoms with Crippen LogP contribution >= 0.6 is 0 Å². The zero-order valence-electron chi connectivity index (χ0n) is 9.16.